The van der Waals surface area contributed by atoms with Gasteiger partial charge >= 0.3 is 0 Å². The summed E-state index contributed by atoms with van der Waals surface area (Å²) < 4.78 is 32.5. The van der Waals surface area contributed by atoms with Crippen molar-refractivity contribution in [1.29, 1.82) is 0 Å². The second-order valence-corrected chi connectivity index (χ2v) is 8.39. The summed E-state index contributed by atoms with van der Waals surface area (Å²) in [4.78, 5) is 28.4. The van der Waals surface area contributed by atoms with Crippen LogP contribution in [0.15, 0.2) is 60.2 Å². The van der Waals surface area contributed by atoms with Crippen LogP contribution in [0.25, 0.3) is 5.76 Å². The van der Waals surface area contributed by atoms with Crippen molar-refractivity contribution >= 4 is 23.1 Å². The average molecular weight is 520 g/mol. The number of nitrogens with zero attached hydrogens (tertiary/aromatic N) is 1. The second kappa shape index (κ2) is 9.89. The number of hydrogen-bond donors (Lipinski definition) is 1. The lowest BCUT2D eigenvalue weighted by atomic mass is 9.94. The molecule has 3 aromatic rings. The highest BCUT2D eigenvalue weighted by Gasteiger charge is 2.47. The summed E-state index contributed by atoms with van der Waals surface area (Å²) >= 11 is 0. The zero-order valence-electron chi connectivity index (χ0n) is 21.1. The first kappa shape index (κ1) is 24.8. The molecular formula is C28H25NO9. The third-order valence-electron chi connectivity index (χ3n) is 6.46. The molecular weight excluding hydrogens is 494 g/mol. The van der Waals surface area contributed by atoms with Crippen LogP contribution in [0.1, 0.15) is 17.2 Å². The number of fused-ring (bicyclic) bond motifs is 1. The Morgan fingerprint density at radius 1 is 0.816 bits per heavy atom. The minimum atomic E-state index is -1.02. The van der Waals surface area contributed by atoms with Gasteiger partial charge in [0.25, 0.3) is 11.7 Å². The van der Waals surface area contributed by atoms with Crippen molar-refractivity contribution in [3.05, 3.63) is 71.3 Å². The van der Waals surface area contributed by atoms with Crippen LogP contribution in [0.2, 0.25) is 0 Å². The largest absolute Gasteiger partial charge is 0.507 e. The molecule has 1 N–H and O–H groups in total. The van der Waals surface area contributed by atoms with Gasteiger partial charge in [-0.2, -0.15) is 0 Å². The number of methoxy groups -OCH3 is 4. The van der Waals surface area contributed by atoms with Gasteiger partial charge in [0.05, 0.1) is 45.6 Å². The molecule has 0 saturated carbocycles. The molecule has 1 amide bonds. The number of rotatable bonds is 7. The monoisotopic (exact) mass is 519 g/mol. The molecule has 0 radical (unpaired) electrons. The Morgan fingerprint density at radius 2 is 1.53 bits per heavy atom. The van der Waals surface area contributed by atoms with E-state index in [4.69, 9.17) is 28.4 Å². The van der Waals surface area contributed by atoms with Crippen molar-refractivity contribution in [2.24, 2.45) is 0 Å². The molecule has 1 fully saturated rings. The van der Waals surface area contributed by atoms with E-state index in [1.54, 1.807) is 48.5 Å². The normalized spacial score (nSPS) is 17.5. The summed E-state index contributed by atoms with van der Waals surface area (Å²) in [7, 11) is 5.91. The van der Waals surface area contributed by atoms with Crippen molar-refractivity contribution < 1.29 is 43.1 Å². The molecule has 38 heavy (non-hydrogen) atoms. The molecule has 0 spiro atoms. The molecule has 10 heteroatoms. The second-order valence-electron chi connectivity index (χ2n) is 8.39. The van der Waals surface area contributed by atoms with E-state index in [0.717, 1.165) is 0 Å². The zero-order chi connectivity index (χ0) is 27.0. The summed E-state index contributed by atoms with van der Waals surface area (Å²) in [5, 5.41) is 11.6. The van der Waals surface area contributed by atoms with Crippen molar-refractivity contribution in [1.82, 2.24) is 0 Å². The first-order valence-corrected chi connectivity index (χ1v) is 11.6. The molecule has 1 atom stereocenters. The SMILES string of the molecule is COc1ccc(OC)c(/C(O)=C2\C(=O)C(=O)N(c3ccc4c(c3)OCO4)C2c2ccc(OC)c(OC)c2)c1. The minimum Gasteiger partial charge on any atom is -0.507 e. The molecule has 0 aromatic heterocycles. The summed E-state index contributed by atoms with van der Waals surface area (Å²) in [5.41, 5.74) is 0.947. The smallest absolute Gasteiger partial charge is 0.300 e. The fraction of sp³-hybridized carbons (Fsp3) is 0.214. The highest BCUT2D eigenvalue weighted by Crippen LogP contribution is 2.47. The zero-order valence-corrected chi connectivity index (χ0v) is 21.1. The Balaban J connectivity index is 1.76. The summed E-state index contributed by atoms with van der Waals surface area (Å²) in [6.45, 7) is 0.0480. The van der Waals surface area contributed by atoms with Gasteiger partial charge in [-0.05, 0) is 48.0 Å². The lowest BCUT2D eigenvalue weighted by molar-refractivity contribution is -0.132. The quantitative estimate of drug-likeness (QED) is 0.280. The lowest BCUT2D eigenvalue weighted by Gasteiger charge is -2.26. The third kappa shape index (κ3) is 4.00. The van der Waals surface area contributed by atoms with Gasteiger partial charge in [0, 0.05) is 11.8 Å². The van der Waals surface area contributed by atoms with Crippen LogP contribution < -0.4 is 33.3 Å². The van der Waals surface area contributed by atoms with Gasteiger partial charge in [-0.1, -0.05) is 6.07 Å². The topological polar surface area (TPSA) is 113 Å². The predicted octanol–water partition coefficient (Wildman–Crippen LogP) is 4.08. The minimum absolute atomic E-state index is 0.0480. The maximum Gasteiger partial charge on any atom is 0.300 e. The summed E-state index contributed by atoms with van der Waals surface area (Å²) in [6, 6.07) is 13.7. The third-order valence-corrected chi connectivity index (χ3v) is 6.46. The van der Waals surface area contributed by atoms with E-state index >= 15 is 0 Å². The highest BCUT2D eigenvalue weighted by atomic mass is 16.7. The number of ether oxygens (including phenoxy) is 6. The number of Topliss-reactive ketones (excluding diaryl/α,β-unsaturated/α-hetero) is 1. The van der Waals surface area contributed by atoms with Crippen LogP contribution in [-0.2, 0) is 9.59 Å². The van der Waals surface area contributed by atoms with Crippen molar-refractivity contribution in [3.63, 3.8) is 0 Å². The Morgan fingerprint density at radius 3 is 2.24 bits per heavy atom. The van der Waals surface area contributed by atoms with E-state index in [1.165, 1.54) is 39.4 Å². The molecule has 2 heterocycles. The van der Waals surface area contributed by atoms with Crippen LogP contribution in [0.3, 0.4) is 0 Å². The van der Waals surface area contributed by atoms with Gasteiger partial charge in [-0.15, -0.1) is 0 Å². The number of aliphatic hydroxyl groups excluding tert-OH is 1. The van der Waals surface area contributed by atoms with Crippen molar-refractivity contribution in [2.75, 3.05) is 40.1 Å². The molecule has 1 saturated heterocycles. The molecule has 0 aliphatic carbocycles. The predicted molar refractivity (Wildman–Crippen MR) is 136 cm³/mol. The fourth-order valence-corrected chi connectivity index (χ4v) is 4.62. The number of amides is 1. The highest BCUT2D eigenvalue weighted by molar-refractivity contribution is 6.51. The van der Waals surface area contributed by atoms with Crippen molar-refractivity contribution in [2.45, 2.75) is 6.04 Å². The number of ketones is 1. The van der Waals surface area contributed by atoms with E-state index in [0.29, 0.717) is 45.7 Å². The first-order chi connectivity index (χ1) is 18.4. The number of carbonyl (C=O) groups excluding carboxylic acids is 2. The molecule has 3 aromatic carbocycles. The summed E-state index contributed by atoms with van der Waals surface area (Å²) in [5.74, 6) is 0.424. The first-order valence-electron chi connectivity index (χ1n) is 11.6. The number of benzene rings is 3. The van der Waals surface area contributed by atoms with Gasteiger partial charge in [-0.25, -0.2) is 0 Å². The Bertz CT molecular complexity index is 1460. The van der Waals surface area contributed by atoms with Gasteiger partial charge in [-0.3, -0.25) is 14.5 Å². The standard InChI is InChI=1S/C28H25NO9/c1-33-17-7-10-19(34-2)18(13-17)26(30)24-25(15-5-8-20(35-3)22(11-15)36-4)29(28(32)27(24)31)16-6-9-21-23(12-16)38-14-37-21/h5-13,25,30H,14H2,1-4H3/b26-24+. The maximum atomic E-state index is 13.6. The van der Waals surface area contributed by atoms with Crippen LogP contribution in [0, 0.1) is 0 Å². The number of carbonyl (C=O) groups is 2. The Kier molecular flexibility index (Phi) is 6.46. The van der Waals surface area contributed by atoms with Crippen LogP contribution >= 0.6 is 0 Å². The number of aliphatic hydroxyl groups is 1. The molecule has 10 nitrogen and oxygen atoms in total. The Hall–Kier alpha value is -4.86. The molecule has 0 bridgehead atoms. The molecule has 2 aliphatic heterocycles. The Labute approximate surface area is 218 Å². The maximum absolute atomic E-state index is 13.6. The summed E-state index contributed by atoms with van der Waals surface area (Å²) in [6.07, 6.45) is 0. The molecule has 196 valence electrons. The van der Waals surface area contributed by atoms with E-state index in [-0.39, 0.29) is 17.9 Å². The van der Waals surface area contributed by atoms with E-state index in [2.05, 4.69) is 0 Å². The molecule has 2 aliphatic rings. The molecule has 5 rings (SSSR count). The lowest BCUT2D eigenvalue weighted by Crippen LogP contribution is -2.29. The number of hydrogen-bond acceptors (Lipinski definition) is 9. The van der Waals surface area contributed by atoms with E-state index in [1.807, 2.05) is 0 Å². The molecule has 1 unspecified atom stereocenters. The van der Waals surface area contributed by atoms with Gasteiger partial charge in [0.1, 0.15) is 17.3 Å². The fourth-order valence-electron chi connectivity index (χ4n) is 4.62. The van der Waals surface area contributed by atoms with E-state index < -0.39 is 23.5 Å². The van der Waals surface area contributed by atoms with Crippen LogP contribution in [0.4, 0.5) is 5.69 Å². The van der Waals surface area contributed by atoms with Crippen molar-refractivity contribution in [3.8, 4) is 34.5 Å². The van der Waals surface area contributed by atoms with Gasteiger partial charge < -0.3 is 33.5 Å². The van der Waals surface area contributed by atoms with Crippen LogP contribution in [0.5, 0.6) is 34.5 Å². The average Bonchev–Trinajstić information content (AvgIpc) is 3.53. The van der Waals surface area contributed by atoms with Crippen LogP contribution in [-0.4, -0.2) is 52.0 Å². The van der Waals surface area contributed by atoms with Gasteiger partial charge in [0.15, 0.2) is 23.0 Å². The van der Waals surface area contributed by atoms with Gasteiger partial charge in [0.2, 0.25) is 6.79 Å². The van der Waals surface area contributed by atoms with E-state index in [9.17, 15) is 14.7 Å². The number of anilines is 1.